The van der Waals surface area contributed by atoms with E-state index in [9.17, 15) is 9.90 Å². The summed E-state index contributed by atoms with van der Waals surface area (Å²) in [5.74, 6) is 0.565. The van der Waals surface area contributed by atoms with Gasteiger partial charge in [0.2, 0.25) is 0 Å². The second kappa shape index (κ2) is 6.52. The van der Waals surface area contributed by atoms with Crippen LogP contribution in [-0.2, 0) is 11.3 Å². The normalized spacial score (nSPS) is 12.8. The highest BCUT2D eigenvalue weighted by atomic mass is 32.1. The van der Waals surface area contributed by atoms with Crippen molar-refractivity contribution in [1.29, 1.82) is 0 Å². The lowest BCUT2D eigenvalue weighted by molar-refractivity contribution is -0.140. The maximum Gasteiger partial charge on any atom is 0.320 e. The fourth-order valence-electron chi connectivity index (χ4n) is 2.38. The molecule has 0 unspecified atom stereocenters. The molecule has 0 saturated carbocycles. The van der Waals surface area contributed by atoms with E-state index in [4.69, 9.17) is 4.42 Å². The molecule has 2 aromatic heterocycles. The van der Waals surface area contributed by atoms with E-state index in [-0.39, 0.29) is 5.92 Å². The summed E-state index contributed by atoms with van der Waals surface area (Å²) in [6, 6.07) is 11.1. The van der Waals surface area contributed by atoms with Gasteiger partial charge < -0.3 is 9.52 Å². The molecule has 2 N–H and O–H groups in total. The van der Waals surface area contributed by atoms with E-state index in [0.717, 1.165) is 15.2 Å². The van der Waals surface area contributed by atoms with Gasteiger partial charge in [-0.3, -0.25) is 10.1 Å². The Labute approximate surface area is 138 Å². The van der Waals surface area contributed by atoms with Gasteiger partial charge in [0, 0.05) is 0 Å². The van der Waals surface area contributed by atoms with Gasteiger partial charge in [-0.05, 0) is 30.2 Å². The summed E-state index contributed by atoms with van der Waals surface area (Å²) in [5.41, 5.74) is 0.953. The summed E-state index contributed by atoms with van der Waals surface area (Å²) in [7, 11) is 0. The van der Waals surface area contributed by atoms with Crippen LogP contribution in [0.25, 0.3) is 21.0 Å². The molecule has 0 amide bonds. The van der Waals surface area contributed by atoms with E-state index in [1.54, 1.807) is 11.3 Å². The zero-order valence-corrected chi connectivity index (χ0v) is 13.8. The average molecular weight is 330 g/mol. The van der Waals surface area contributed by atoms with Crippen molar-refractivity contribution in [1.82, 2.24) is 10.3 Å². The number of nitrogens with zero attached hydrogens (tertiary/aromatic N) is 1. The Morgan fingerprint density at radius 2 is 2.09 bits per heavy atom. The zero-order valence-electron chi connectivity index (χ0n) is 12.9. The van der Waals surface area contributed by atoms with Crippen LogP contribution in [0, 0.1) is 5.92 Å². The van der Waals surface area contributed by atoms with Crippen molar-refractivity contribution in [3.63, 3.8) is 0 Å². The molecule has 6 heteroatoms. The quantitative estimate of drug-likeness (QED) is 0.720. The lowest BCUT2D eigenvalue weighted by atomic mass is 10.1. The van der Waals surface area contributed by atoms with Crippen LogP contribution in [0.2, 0.25) is 0 Å². The van der Waals surface area contributed by atoms with Crippen molar-refractivity contribution >= 4 is 27.5 Å². The fourth-order valence-corrected chi connectivity index (χ4v) is 3.31. The number of hydrogen-bond donors (Lipinski definition) is 2. The number of fused-ring (bicyclic) bond motifs is 1. The third-order valence-electron chi connectivity index (χ3n) is 3.60. The van der Waals surface area contributed by atoms with E-state index in [2.05, 4.69) is 10.3 Å². The molecule has 1 aromatic carbocycles. The standard InChI is InChI=1S/C17H18N2O3S/c1-10(2)15(17(20)21)18-9-11-7-8-13(22-11)16-19-12-5-3-4-6-14(12)23-16/h3-8,10,15,18H,9H2,1-2H3,(H,20,21)/t15-/m1/s1. The number of benzene rings is 1. The molecule has 0 fully saturated rings. The molecule has 0 saturated heterocycles. The van der Waals surface area contributed by atoms with Crippen LogP contribution in [0.4, 0.5) is 0 Å². The third kappa shape index (κ3) is 3.43. The zero-order chi connectivity index (χ0) is 16.4. The molecular weight excluding hydrogens is 312 g/mol. The molecule has 0 aliphatic rings. The monoisotopic (exact) mass is 330 g/mol. The Morgan fingerprint density at radius 1 is 1.30 bits per heavy atom. The van der Waals surface area contributed by atoms with Crippen molar-refractivity contribution in [2.75, 3.05) is 0 Å². The maximum absolute atomic E-state index is 11.2. The van der Waals surface area contributed by atoms with Crippen molar-refractivity contribution in [2.24, 2.45) is 5.92 Å². The van der Waals surface area contributed by atoms with Crippen LogP contribution in [0.3, 0.4) is 0 Å². The minimum Gasteiger partial charge on any atom is -0.480 e. The molecule has 1 atom stereocenters. The summed E-state index contributed by atoms with van der Waals surface area (Å²) < 4.78 is 6.92. The van der Waals surface area contributed by atoms with Gasteiger partial charge in [0.1, 0.15) is 11.8 Å². The van der Waals surface area contributed by atoms with Gasteiger partial charge in [-0.15, -0.1) is 11.3 Å². The van der Waals surface area contributed by atoms with Gasteiger partial charge in [-0.2, -0.15) is 0 Å². The predicted octanol–water partition coefficient (Wildman–Crippen LogP) is 3.76. The van der Waals surface area contributed by atoms with Crippen LogP contribution >= 0.6 is 11.3 Å². The van der Waals surface area contributed by atoms with Crippen LogP contribution < -0.4 is 5.32 Å². The SMILES string of the molecule is CC(C)[C@@H](NCc1ccc(-c2nc3ccccc3s2)o1)C(=O)O. The molecule has 0 bridgehead atoms. The smallest absolute Gasteiger partial charge is 0.320 e. The molecule has 0 aliphatic carbocycles. The topological polar surface area (TPSA) is 75.4 Å². The number of hydrogen-bond acceptors (Lipinski definition) is 5. The first-order valence-electron chi connectivity index (χ1n) is 7.45. The number of rotatable bonds is 6. The fraction of sp³-hybridized carbons (Fsp3) is 0.294. The van der Waals surface area contributed by atoms with Crippen LogP contribution in [-0.4, -0.2) is 22.1 Å². The number of carbonyl (C=O) groups is 1. The molecule has 2 heterocycles. The van der Waals surface area contributed by atoms with Crippen molar-refractivity contribution in [3.8, 4) is 10.8 Å². The number of para-hydroxylation sites is 1. The van der Waals surface area contributed by atoms with Crippen LogP contribution in [0.5, 0.6) is 0 Å². The second-order valence-corrected chi connectivity index (χ2v) is 6.72. The molecular formula is C17H18N2O3S. The van der Waals surface area contributed by atoms with E-state index in [0.29, 0.717) is 18.1 Å². The first-order valence-corrected chi connectivity index (χ1v) is 8.27. The van der Waals surface area contributed by atoms with E-state index in [1.165, 1.54) is 0 Å². The molecule has 5 nitrogen and oxygen atoms in total. The van der Waals surface area contributed by atoms with E-state index < -0.39 is 12.0 Å². The van der Waals surface area contributed by atoms with E-state index in [1.807, 2.05) is 50.2 Å². The van der Waals surface area contributed by atoms with Gasteiger partial charge in [0.15, 0.2) is 10.8 Å². The molecule has 23 heavy (non-hydrogen) atoms. The first kappa shape index (κ1) is 15.7. The molecule has 3 aromatic rings. The van der Waals surface area contributed by atoms with Crippen molar-refractivity contribution < 1.29 is 14.3 Å². The van der Waals surface area contributed by atoms with Gasteiger partial charge in [-0.25, -0.2) is 4.98 Å². The van der Waals surface area contributed by atoms with Crippen molar-refractivity contribution in [3.05, 3.63) is 42.2 Å². The summed E-state index contributed by atoms with van der Waals surface area (Å²) in [6.45, 7) is 4.13. The average Bonchev–Trinajstić information content (AvgIpc) is 3.12. The summed E-state index contributed by atoms with van der Waals surface area (Å²) in [4.78, 5) is 15.7. The minimum absolute atomic E-state index is 0.00574. The van der Waals surface area contributed by atoms with Gasteiger partial charge >= 0.3 is 5.97 Å². The van der Waals surface area contributed by atoms with Crippen LogP contribution in [0.1, 0.15) is 19.6 Å². The highest BCUT2D eigenvalue weighted by Gasteiger charge is 2.21. The summed E-state index contributed by atoms with van der Waals surface area (Å²) >= 11 is 1.58. The highest BCUT2D eigenvalue weighted by molar-refractivity contribution is 7.21. The lowest BCUT2D eigenvalue weighted by Crippen LogP contribution is -2.40. The molecule has 3 rings (SSSR count). The highest BCUT2D eigenvalue weighted by Crippen LogP contribution is 2.31. The van der Waals surface area contributed by atoms with Gasteiger partial charge in [-0.1, -0.05) is 26.0 Å². The Hall–Kier alpha value is -2.18. The largest absolute Gasteiger partial charge is 0.480 e. The Bertz CT molecular complexity index is 789. The minimum atomic E-state index is -0.849. The number of nitrogens with one attached hydrogen (secondary N) is 1. The number of carboxylic acid groups (broad SMARTS) is 1. The van der Waals surface area contributed by atoms with E-state index >= 15 is 0 Å². The Balaban J connectivity index is 1.74. The lowest BCUT2D eigenvalue weighted by Gasteiger charge is -2.16. The number of furan rings is 1. The molecule has 0 spiro atoms. The Kier molecular flexibility index (Phi) is 4.45. The number of thiazole rings is 1. The Morgan fingerprint density at radius 3 is 2.78 bits per heavy atom. The summed E-state index contributed by atoms with van der Waals surface area (Å²) in [5, 5.41) is 13.0. The van der Waals surface area contributed by atoms with Crippen LogP contribution in [0.15, 0.2) is 40.8 Å². The molecule has 120 valence electrons. The van der Waals surface area contributed by atoms with Gasteiger partial charge in [0.05, 0.1) is 16.8 Å². The number of aromatic nitrogens is 1. The molecule has 0 aliphatic heterocycles. The molecule has 0 radical (unpaired) electrons. The third-order valence-corrected chi connectivity index (χ3v) is 4.65. The number of carboxylic acids is 1. The first-order chi connectivity index (χ1) is 11.0. The van der Waals surface area contributed by atoms with Gasteiger partial charge in [0.25, 0.3) is 0 Å². The predicted molar refractivity (Wildman–Crippen MR) is 90.4 cm³/mol. The second-order valence-electron chi connectivity index (χ2n) is 5.69. The summed E-state index contributed by atoms with van der Waals surface area (Å²) in [6.07, 6.45) is 0. The maximum atomic E-state index is 11.2. The van der Waals surface area contributed by atoms with Crippen molar-refractivity contribution in [2.45, 2.75) is 26.4 Å². The number of aliphatic carboxylic acids is 1.